The zero-order valence-corrected chi connectivity index (χ0v) is 16.4. The fourth-order valence-corrected chi connectivity index (χ4v) is 2.72. The number of hydrogen-bond acceptors (Lipinski definition) is 7. The van der Waals surface area contributed by atoms with Crippen LogP contribution in [0.2, 0.25) is 0 Å². The number of rotatable bonds is 8. The molecular formula is C22H18FN5O3. The van der Waals surface area contributed by atoms with E-state index in [0.717, 1.165) is 11.1 Å². The molecule has 0 atom stereocenters. The number of aromatic nitrogens is 4. The summed E-state index contributed by atoms with van der Waals surface area (Å²) in [5.74, 6) is 1.15. The molecule has 4 aromatic rings. The van der Waals surface area contributed by atoms with Gasteiger partial charge >= 0.3 is 0 Å². The highest BCUT2D eigenvalue weighted by atomic mass is 19.1. The summed E-state index contributed by atoms with van der Waals surface area (Å²) in [4.78, 5) is 24.6. The first-order valence-corrected chi connectivity index (χ1v) is 9.54. The van der Waals surface area contributed by atoms with E-state index in [1.54, 1.807) is 36.8 Å². The second-order valence-corrected chi connectivity index (χ2v) is 6.59. The molecule has 3 aromatic heterocycles. The van der Waals surface area contributed by atoms with Gasteiger partial charge in [0, 0.05) is 49.6 Å². The molecule has 1 N–H and O–H groups in total. The molecule has 9 heteroatoms. The van der Waals surface area contributed by atoms with Crippen LogP contribution >= 0.6 is 0 Å². The minimum atomic E-state index is -0.342. The van der Waals surface area contributed by atoms with Crippen LogP contribution in [0.3, 0.4) is 0 Å². The predicted molar refractivity (Wildman–Crippen MR) is 108 cm³/mol. The highest BCUT2D eigenvalue weighted by Crippen LogP contribution is 2.20. The Morgan fingerprint density at radius 3 is 2.81 bits per heavy atom. The number of pyridine rings is 2. The largest absolute Gasteiger partial charge is 0.439 e. The van der Waals surface area contributed by atoms with E-state index in [9.17, 15) is 9.18 Å². The zero-order chi connectivity index (χ0) is 21.5. The van der Waals surface area contributed by atoms with Crippen LogP contribution in [-0.2, 0) is 17.8 Å². The van der Waals surface area contributed by atoms with Gasteiger partial charge in [-0.25, -0.2) is 9.37 Å². The van der Waals surface area contributed by atoms with Gasteiger partial charge in [0.2, 0.25) is 23.5 Å². The molecule has 0 aliphatic heterocycles. The van der Waals surface area contributed by atoms with Gasteiger partial charge in [-0.1, -0.05) is 5.16 Å². The molecule has 4 rings (SSSR count). The Morgan fingerprint density at radius 1 is 1.13 bits per heavy atom. The lowest BCUT2D eigenvalue weighted by atomic mass is 10.2. The van der Waals surface area contributed by atoms with Crippen LogP contribution in [0.4, 0.5) is 4.39 Å². The number of carbonyl (C=O) groups is 1. The van der Waals surface area contributed by atoms with Gasteiger partial charge < -0.3 is 14.6 Å². The van der Waals surface area contributed by atoms with E-state index in [2.05, 4.69) is 25.4 Å². The van der Waals surface area contributed by atoms with Crippen molar-refractivity contribution in [3.05, 3.63) is 84.4 Å². The Morgan fingerprint density at radius 2 is 2.00 bits per heavy atom. The highest BCUT2D eigenvalue weighted by molar-refractivity contribution is 5.76. The van der Waals surface area contributed by atoms with Crippen LogP contribution in [0.25, 0.3) is 11.4 Å². The van der Waals surface area contributed by atoms with Gasteiger partial charge in [0.15, 0.2) is 0 Å². The van der Waals surface area contributed by atoms with Crippen LogP contribution < -0.4 is 10.1 Å². The molecule has 0 unspecified atom stereocenters. The summed E-state index contributed by atoms with van der Waals surface area (Å²) in [7, 11) is 0. The van der Waals surface area contributed by atoms with Crippen molar-refractivity contribution in [2.24, 2.45) is 0 Å². The SMILES string of the molecule is O=C(CCc1nc(-c2cccnc2)no1)NCc1ccnc(Oc2ccc(F)cc2)c1. The minimum Gasteiger partial charge on any atom is -0.439 e. The quantitative estimate of drug-likeness (QED) is 0.464. The van der Waals surface area contributed by atoms with Gasteiger partial charge in [-0.15, -0.1) is 0 Å². The van der Waals surface area contributed by atoms with Gasteiger partial charge in [0.25, 0.3) is 0 Å². The monoisotopic (exact) mass is 419 g/mol. The van der Waals surface area contributed by atoms with Crippen molar-refractivity contribution in [1.82, 2.24) is 25.4 Å². The number of aryl methyl sites for hydroxylation is 1. The van der Waals surface area contributed by atoms with E-state index in [-0.39, 0.29) is 18.1 Å². The molecule has 0 saturated carbocycles. The van der Waals surface area contributed by atoms with E-state index in [1.165, 1.54) is 24.3 Å². The second-order valence-electron chi connectivity index (χ2n) is 6.59. The molecule has 0 saturated heterocycles. The number of carbonyl (C=O) groups excluding carboxylic acids is 1. The Labute approximate surface area is 177 Å². The average Bonchev–Trinajstić information content (AvgIpc) is 3.28. The number of benzene rings is 1. The summed E-state index contributed by atoms with van der Waals surface area (Å²) in [6.07, 6.45) is 5.42. The van der Waals surface area contributed by atoms with E-state index in [0.29, 0.717) is 36.3 Å². The molecular weight excluding hydrogens is 401 g/mol. The molecule has 3 heterocycles. The lowest BCUT2D eigenvalue weighted by Gasteiger charge is -2.08. The third-order valence-corrected chi connectivity index (χ3v) is 4.28. The fourth-order valence-electron chi connectivity index (χ4n) is 2.72. The topological polar surface area (TPSA) is 103 Å². The van der Waals surface area contributed by atoms with Crippen molar-refractivity contribution in [1.29, 1.82) is 0 Å². The molecule has 1 amide bonds. The molecule has 0 aliphatic carbocycles. The van der Waals surface area contributed by atoms with Gasteiger partial charge in [-0.3, -0.25) is 9.78 Å². The third kappa shape index (κ3) is 5.69. The third-order valence-electron chi connectivity index (χ3n) is 4.28. The van der Waals surface area contributed by atoms with Crippen molar-refractivity contribution < 1.29 is 18.4 Å². The maximum absolute atomic E-state index is 13.0. The molecule has 0 fully saturated rings. The van der Waals surface area contributed by atoms with Crippen molar-refractivity contribution in [2.45, 2.75) is 19.4 Å². The van der Waals surface area contributed by atoms with Crippen LogP contribution in [0.1, 0.15) is 17.9 Å². The van der Waals surface area contributed by atoms with Crippen molar-refractivity contribution in [3.63, 3.8) is 0 Å². The number of nitrogens with zero attached hydrogens (tertiary/aromatic N) is 4. The molecule has 0 bridgehead atoms. The fraction of sp³-hybridized carbons (Fsp3) is 0.136. The summed E-state index contributed by atoms with van der Waals surface area (Å²) in [6.45, 7) is 0.311. The van der Waals surface area contributed by atoms with E-state index < -0.39 is 0 Å². The summed E-state index contributed by atoms with van der Waals surface area (Å²) in [5.41, 5.74) is 1.57. The first-order chi connectivity index (χ1) is 15.2. The van der Waals surface area contributed by atoms with E-state index >= 15 is 0 Å². The molecule has 0 aliphatic rings. The van der Waals surface area contributed by atoms with Gasteiger partial charge in [0.05, 0.1) is 0 Å². The zero-order valence-electron chi connectivity index (χ0n) is 16.4. The van der Waals surface area contributed by atoms with Crippen LogP contribution in [0.5, 0.6) is 11.6 Å². The molecule has 1 aromatic carbocycles. The smallest absolute Gasteiger partial charge is 0.227 e. The number of ether oxygens (including phenoxy) is 1. The Kier molecular flexibility index (Phi) is 6.22. The summed E-state index contributed by atoms with van der Waals surface area (Å²) >= 11 is 0. The Balaban J connectivity index is 1.26. The second kappa shape index (κ2) is 9.57. The molecule has 0 radical (unpaired) electrons. The molecule has 0 spiro atoms. The summed E-state index contributed by atoms with van der Waals surface area (Å²) in [6, 6.07) is 12.7. The van der Waals surface area contributed by atoms with Gasteiger partial charge in [-0.2, -0.15) is 4.98 Å². The van der Waals surface area contributed by atoms with Crippen molar-refractivity contribution in [2.75, 3.05) is 0 Å². The number of hydrogen-bond donors (Lipinski definition) is 1. The first kappa shape index (κ1) is 20.1. The minimum absolute atomic E-state index is 0.154. The molecule has 8 nitrogen and oxygen atoms in total. The number of halogens is 1. The molecule has 156 valence electrons. The lowest BCUT2D eigenvalue weighted by molar-refractivity contribution is -0.121. The highest BCUT2D eigenvalue weighted by Gasteiger charge is 2.11. The summed E-state index contributed by atoms with van der Waals surface area (Å²) in [5, 5.41) is 6.74. The maximum atomic E-state index is 13.0. The lowest BCUT2D eigenvalue weighted by Crippen LogP contribution is -2.23. The Hall–Kier alpha value is -4.14. The molecule has 31 heavy (non-hydrogen) atoms. The first-order valence-electron chi connectivity index (χ1n) is 9.54. The Bertz CT molecular complexity index is 1150. The summed E-state index contributed by atoms with van der Waals surface area (Å²) < 4.78 is 23.8. The normalized spacial score (nSPS) is 10.6. The van der Waals surface area contributed by atoms with Crippen molar-refractivity contribution >= 4 is 5.91 Å². The standard InChI is InChI=1S/C22H18FN5O3/c23-17-3-5-18(6-4-17)30-21-12-15(9-11-25-21)13-26-19(29)7-8-20-27-22(28-31-20)16-2-1-10-24-14-16/h1-6,9-12,14H,7-8,13H2,(H,26,29). The van der Waals surface area contributed by atoms with Crippen LogP contribution in [0, 0.1) is 5.82 Å². The van der Waals surface area contributed by atoms with Crippen LogP contribution in [0.15, 0.2) is 71.6 Å². The maximum Gasteiger partial charge on any atom is 0.227 e. The van der Waals surface area contributed by atoms with E-state index in [1.807, 2.05) is 6.07 Å². The van der Waals surface area contributed by atoms with Crippen LogP contribution in [-0.4, -0.2) is 26.0 Å². The number of nitrogens with one attached hydrogen (secondary N) is 1. The van der Waals surface area contributed by atoms with Crippen molar-refractivity contribution in [3.8, 4) is 23.0 Å². The van der Waals surface area contributed by atoms with Gasteiger partial charge in [0.1, 0.15) is 11.6 Å². The number of amides is 1. The average molecular weight is 419 g/mol. The van der Waals surface area contributed by atoms with Gasteiger partial charge in [-0.05, 0) is 48.0 Å². The predicted octanol–water partition coefficient (Wildman–Crippen LogP) is 3.71. The van der Waals surface area contributed by atoms with E-state index in [4.69, 9.17) is 9.26 Å².